The fraction of sp³-hybridized carbons (Fsp3) is 0.652. The predicted molar refractivity (Wildman–Crippen MR) is 102 cm³/mol. The Hall–Kier alpha value is -1.84. The van der Waals surface area contributed by atoms with Gasteiger partial charge in [-0.1, -0.05) is 30.3 Å². The van der Waals surface area contributed by atoms with Gasteiger partial charge in [-0.05, 0) is 74.2 Å². The van der Waals surface area contributed by atoms with Crippen molar-refractivity contribution < 1.29 is 14.3 Å². The molecule has 2 atom stereocenters. The standard InChI is InChI=1S/C23H29NO3/c25-20(24-8-4-5-9-24)15-27-21(26)23-13-17-10-18(14-23)12-22(11-17,16-23)19-6-2-1-3-7-19/h1-3,6-7,17-18H,4-5,8-16H2. The van der Waals surface area contributed by atoms with Crippen LogP contribution in [0.2, 0.25) is 0 Å². The molecule has 1 heterocycles. The van der Waals surface area contributed by atoms with E-state index in [1.54, 1.807) is 0 Å². The highest BCUT2D eigenvalue weighted by atomic mass is 16.5. The Morgan fingerprint density at radius 2 is 1.67 bits per heavy atom. The van der Waals surface area contributed by atoms with E-state index in [0.29, 0.717) is 11.8 Å². The number of hydrogen-bond acceptors (Lipinski definition) is 3. The van der Waals surface area contributed by atoms with Gasteiger partial charge < -0.3 is 9.64 Å². The number of carbonyl (C=O) groups excluding carboxylic acids is 2. The Labute approximate surface area is 161 Å². The summed E-state index contributed by atoms with van der Waals surface area (Å²) in [5, 5.41) is 0. The zero-order valence-corrected chi connectivity index (χ0v) is 16.0. The maximum atomic E-state index is 13.2. The minimum atomic E-state index is -0.370. The lowest BCUT2D eigenvalue weighted by atomic mass is 9.43. The van der Waals surface area contributed by atoms with Crippen molar-refractivity contribution in [1.29, 1.82) is 0 Å². The van der Waals surface area contributed by atoms with Crippen LogP contribution >= 0.6 is 0 Å². The van der Waals surface area contributed by atoms with E-state index in [0.717, 1.165) is 45.2 Å². The molecule has 4 saturated carbocycles. The molecule has 1 aromatic carbocycles. The maximum Gasteiger partial charge on any atom is 0.312 e. The van der Waals surface area contributed by atoms with Crippen LogP contribution in [0.15, 0.2) is 30.3 Å². The largest absolute Gasteiger partial charge is 0.455 e. The molecular formula is C23H29NO3. The number of esters is 1. The van der Waals surface area contributed by atoms with E-state index < -0.39 is 0 Å². The van der Waals surface area contributed by atoms with Crippen LogP contribution in [0.4, 0.5) is 0 Å². The number of amides is 1. The van der Waals surface area contributed by atoms with Gasteiger partial charge in [-0.3, -0.25) is 9.59 Å². The van der Waals surface area contributed by atoms with Gasteiger partial charge in [0, 0.05) is 13.1 Å². The summed E-state index contributed by atoms with van der Waals surface area (Å²) in [6, 6.07) is 10.8. The third-order valence-corrected chi connectivity index (χ3v) is 7.67. The highest BCUT2D eigenvalue weighted by Crippen LogP contribution is 2.66. The summed E-state index contributed by atoms with van der Waals surface area (Å²) < 4.78 is 5.65. The van der Waals surface area contributed by atoms with Gasteiger partial charge in [0.05, 0.1) is 5.41 Å². The molecule has 0 radical (unpaired) electrons. The Balaban J connectivity index is 1.34. The summed E-state index contributed by atoms with van der Waals surface area (Å²) in [5.74, 6) is 1.11. The second kappa shape index (κ2) is 6.35. The Kier molecular flexibility index (Phi) is 4.06. The van der Waals surface area contributed by atoms with Crippen LogP contribution in [0.1, 0.15) is 56.9 Å². The summed E-state index contributed by atoms with van der Waals surface area (Å²) in [4.78, 5) is 27.3. The number of hydrogen-bond donors (Lipinski definition) is 0. The lowest BCUT2D eigenvalue weighted by Gasteiger charge is -2.61. The predicted octanol–water partition coefficient (Wildman–Crippen LogP) is 3.69. The van der Waals surface area contributed by atoms with Crippen molar-refractivity contribution in [3.8, 4) is 0 Å². The summed E-state index contributed by atoms with van der Waals surface area (Å²) in [7, 11) is 0. The second-order valence-electron chi connectivity index (χ2n) is 9.55. The van der Waals surface area contributed by atoms with Crippen molar-refractivity contribution in [2.45, 2.75) is 56.8 Å². The third-order valence-electron chi connectivity index (χ3n) is 7.67. The molecule has 0 N–H and O–H groups in total. The average molecular weight is 367 g/mol. The lowest BCUT2D eigenvalue weighted by Crippen LogP contribution is -2.57. The van der Waals surface area contributed by atoms with Crippen molar-refractivity contribution in [2.75, 3.05) is 19.7 Å². The van der Waals surface area contributed by atoms with Gasteiger partial charge in [0.1, 0.15) is 0 Å². The molecule has 144 valence electrons. The number of nitrogens with zero attached hydrogens (tertiary/aromatic N) is 1. The topological polar surface area (TPSA) is 46.6 Å². The molecule has 5 fully saturated rings. The normalized spacial score (nSPS) is 36.8. The monoisotopic (exact) mass is 367 g/mol. The first-order valence-corrected chi connectivity index (χ1v) is 10.6. The number of ether oxygens (including phenoxy) is 1. The van der Waals surface area contributed by atoms with E-state index in [1.807, 2.05) is 4.90 Å². The molecule has 4 aliphatic carbocycles. The van der Waals surface area contributed by atoms with Crippen molar-refractivity contribution in [1.82, 2.24) is 4.90 Å². The summed E-state index contributed by atoms with van der Waals surface area (Å²) in [5.41, 5.74) is 1.15. The molecule has 1 aliphatic heterocycles. The van der Waals surface area contributed by atoms with Gasteiger partial charge in [-0.15, -0.1) is 0 Å². The van der Waals surface area contributed by atoms with E-state index in [2.05, 4.69) is 30.3 Å². The fourth-order valence-corrected chi connectivity index (χ4v) is 6.97. The molecule has 4 nitrogen and oxygen atoms in total. The molecule has 4 heteroatoms. The minimum Gasteiger partial charge on any atom is -0.455 e. The highest BCUT2D eigenvalue weighted by molar-refractivity contribution is 5.83. The highest BCUT2D eigenvalue weighted by Gasteiger charge is 2.61. The molecule has 0 spiro atoms. The van der Waals surface area contributed by atoms with Crippen LogP contribution in [0, 0.1) is 17.3 Å². The van der Waals surface area contributed by atoms with Crippen molar-refractivity contribution in [3.05, 3.63) is 35.9 Å². The van der Waals surface area contributed by atoms with E-state index in [-0.39, 0.29) is 29.3 Å². The van der Waals surface area contributed by atoms with E-state index >= 15 is 0 Å². The molecule has 0 aromatic heterocycles. The van der Waals surface area contributed by atoms with Crippen molar-refractivity contribution in [2.24, 2.45) is 17.3 Å². The van der Waals surface area contributed by atoms with E-state index in [4.69, 9.17) is 4.74 Å². The van der Waals surface area contributed by atoms with Gasteiger partial charge in [-0.25, -0.2) is 0 Å². The molecule has 27 heavy (non-hydrogen) atoms. The zero-order valence-electron chi connectivity index (χ0n) is 16.0. The van der Waals surface area contributed by atoms with Crippen LogP contribution in [-0.2, 0) is 19.7 Å². The molecule has 1 aromatic rings. The molecule has 1 amide bonds. The molecule has 6 rings (SSSR count). The van der Waals surface area contributed by atoms with Crippen LogP contribution in [-0.4, -0.2) is 36.5 Å². The van der Waals surface area contributed by atoms with E-state index in [1.165, 1.54) is 24.8 Å². The van der Waals surface area contributed by atoms with Crippen molar-refractivity contribution >= 4 is 11.9 Å². The summed E-state index contributed by atoms with van der Waals surface area (Å²) in [6.07, 6.45) is 8.59. The van der Waals surface area contributed by atoms with Crippen LogP contribution in [0.3, 0.4) is 0 Å². The fourth-order valence-electron chi connectivity index (χ4n) is 6.97. The second-order valence-corrected chi connectivity index (χ2v) is 9.55. The maximum absolute atomic E-state index is 13.2. The van der Waals surface area contributed by atoms with Crippen LogP contribution < -0.4 is 0 Å². The molecule has 4 bridgehead atoms. The lowest BCUT2D eigenvalue weighted by molar-refractivity contribution is -0.176. The van der Waals surface area contributed by atoms with Gasteiger partial charge in [0.15, 0.2) is 6.61 Å². The van der Waals surface area contributed by atoms with Gasteiger partial charge >= 0.3 is 5.97 Å². The first-order chi connectivity index (χ1) is 13.1. The smallest absolute Gasteiger partial charge is 0.312 e. The number of likely N-dealkylation sites (tertiary alicyclic amines) is 1. The number of rotatable bonds is 4. The molecule has 2 unspecified atom stereocenters. The minimum absolute atomic E-state index is 0.0247. The summed E-state index contributed by atoms with van der Waals surface area (Å²) in [6.45, 7) is 1.54. The van der Waals surface area contributed by atoms with Crippen LogP contribution in [0.25, 0.3) is 0 Å². The molecule has 1 saturated heterocycles. The first kappa shape index (κ1) is 17.3. The van der Waals surface area contributed by atoms with Gasteiger partial charge in [-0.2, -0.15) is 0 Å². The summed E-state index contributed by atoms with van der Waals surface area (Å²) >= 11 is 0. The quantitative estimate of drug-likeness (QED) is 0.763. The van der Waals surface area contributed by atoms with Crippen LogP contribution in [0.5, 0.6) is 0 Å². The van der Waals surface area contributed by atoms with Gasteiger partial charge in [0.2, 0.25) is 0 Å². The zero-order chi connectivity index (χ0) is 18.5. The Morgan fingerprint density at radius 1 is 1.00 bits per heavy atom. The average Bonchev–Trinajstić information content (AvgIpc) is 3.20. The molecular weight excluding hydrogens is 338 g/mol. The van der Waals surface area contributed by atoms with Gasteiger partial charge in [0.25, 0.3) is 5.91 Å². The Bertz CT molecular complexity index is 723. The van der Waals surface area contributed by atoms with E-state index in [9.17, 15) is 9.59 Å². The van der Waals surface area contributed by atoms with Crippen molar-refractivity contribution in [3.63, 3.8) is 0 Å². The number of benzene rings is 1. The third kappa shape index (κ3) is 2.88. The first-order valence-electron chi connectivity index (χ1n) is 10.6. The Morgan fingerprint density at radius 3 is 2.33 bits per heavy atom. The number of carbonyl (C=O) groups is 2. The molecule has 5 aliphatic rings. The SMILES string of the molecule is O=C(COC(=O)C12CC3CC(C1)CC(c1ccccc1)(C3)C2)N1CCCC1.